The Balaban J connectivity index is 1.79. The van der Waals surface area contributed by atoms with E-state index in [0.29, 0.717) is 0 Å². The first kappa shape index (κ1) is 21.2. The molecule has 3 aromatic rings. The van der Waals surface area contributed by atoms with Gasteiger partial charge in [0.05, 0.1) is 11.1 Å². The summed E-state index contributed by atoms with van der Waals surface area (Å²) in [6, 6.07) is 18.7. The predicted octanol–water partition coefficient (Wildman–Crippen LogP) is 2.78. The first-order chi connectivity index (χ1) is 14.2. The van der Waals surface area contributed by atoms with Crippen LogP contribution in [0, 0.1) is 0 Å². The average molecular weight is 446 g/mol. The van der Waals surface area contributed by atoms with Gasteiger partial charge in [-0.2, -0.15) is 16.8 Å². The Morgan fingerprint density at radius 3 is 1.27 bits per heavy atom. The Kier molecular flexibility index (Phi) is 5.99. The van der Waals surface area contributed by atoms with Crippen LogP contribution in [0.5, 0.6) is 0 Å². The fraction of sp³-hybridized carbons (Fsp3) is 0. The van der Waals surface area contributed by atoms with E-state index in [-0.39, 0.29) is 20.9 Å². The van der Waals surface area contributed by atoms with Gasteiger partial charge in [0.15, 0.2) is 0 Å². The summed E-state index contributed by atoms with van der Waals surface area (Å²) < 4.78 is 57.8. The van der Waals surface area contributed by atoms with Crippen LogP contribution in [0.1, 0.15) is 20.7 Å². The van der Waals surface area contributed by atoms with Crippen LogP contribution in [0.25, 0.3) is 0 Å². The van der Waals surface area contributed by atoms with E-state index in [2.05, 4.69) is 8.37 Å². The lowest BCUT2D eigenvalue weighted by Gasteiger charge is -2.08. The number of hydrogen-bond acceptors (Lipinski definition) is 8. The highest BCUT2D eigenvalue weighted by atomic mass is 32.2. The van der Waals surface area contributed by atoms with Crippen LogP contribution >= 0.6 is 0 Å². The van der Waals surface area contributed by atoms with E-state index in [4.69, 9.17) is 0 Å². The molecule has 3 aromatic carbocycles. The van der Waals surface area contributed by atoms with Crippen molar-refractivity contribution in [1.29, 1.82) is 0 Å². The van der Waals surface area contributed by atoms with Gasteiger partial charge in [0.2, 0.25) is 0 Å². The smallest absolute Gasteiger partial charge is 0.338 e. The summed E-state index contributed by atoms with van der Waals surface area (Å²) >= 11 is 0. The molecule has 0 aromatic heterocycles. The van der Waals surface area contributed by atoms with Gasteiger partial charge < -0.3 is 8.37 Å². The molecule has 3 rings (SSSR count). The largest absolute Gasteiger partial charge is 0.354 e. The third kappa shape index (κ3) is 4.91. The normalized spacial score (nSPS) is 11.5. The fourth-order valence-corrected chi connectivity index (χ4v) is 4.10. The minimum atomic E-state index is -4.37. The molecule has 0 saturated carbocycles. The molecule has 0 spiro atoms. The van der Waals surface area contributed by atoms with Crippen molar-refractivity contribution < 1.29 is 34.8 Å². The van der Waals surface area contributed by atoms with Crippen LogP contribution in [-0.2, 0) is 28.6 Å². The molecule has 0 heterocycles. The number of hydrogen-bond donors (Lipinski definition) is 0. The summed E-state index contributed by atoms with van der Waals surface area (Å²) in [5.74, 6) is -2.47. The second kappa shape index (κ2) is 8.47. The van der Waals surface area contributed by atoms with Crippen LogP contribution in [-0.4, -0.2) is 28.8 Å². The van der Waals surface area contributed by atoms with Gasteiger partial charge in [-0.05, 0) is 42.5 Å². The van der Waals surface area contributed by atoms with Gasteiger partial charge in [-0.25, -0.2) is 9.59 Å². The van der Waals surface area contributed by atoms with E-state index in [9.17, 15) is 26.4 Å². The maximum atomic E-state index is 12.2. The zero-order valence-corrected chi connectivity index (χ0v) is 16.8. The molecule has 0 fully saturated rings. The average Bonchev–Trinajstić information content (AvgIpc) is 2.74. The topological polar surface area (TPSA) is 121 Å². The molecule has 30 heavy (non-hydrogen) atoms. The van der Waals surface area contributed by atoms with E-state index in [1.165, 1.54) is 66.7 Å². The Hall–Kier alpha value is -3.50. The SMILES string of the molecule is O=C(OS(=O)(=O)c1ccccc1)c1cccc(C(=O)OS(=O)(=O)c2ccccc2)c1. The molecule has 0 aliphatic rings. The minimum absolute atomic E-state index is 0.220. The monoisotopic (exact) mass is 446 g/mol. The van der Waals surface area contributed by atoms with Gasteiger partial charge in [0.1, 0.15) is 9.79 Å². The second-order valence-electron chi connectivity index (χ2n) is 5.86. The predicted molar refractivity (Wildman–Crippen MR) is 105 cm³/mol. The molecule has 8 nitrogen and oxygen atoms in total. The summed E-state index contributed by atoms with van der Waals surface area (Å²) in [4.78, 5) is 24.0. The quantitative estimate of drug-likeness (QED) is 0.530. The van der Waals surface area contributed by atoms with Crippen LogP contribution < -0.4 is 0 Å². The first-order valence-corrected chi connectivity index (χ1v) is 11.2. The molecule has 0 aliphatic heterocycles. The van der Waals surface area contributed by atoms with Crippen LogP contribution in [0.4, 0.5) is 0 Å². The summed E-state index contributed by atoms with van der Waals surface area (Å²) in [5.41, 5.74) is -0.554. The molecule has 0 N–H and O–H groups in total. The molecule has 0 atom stereocenters. The zero-order chi connectivity index (χ0) is 21.8. The Labute approximate surface area is 172 Å². The Morgan fingerprint density at radius 1 is 0.533 bits per heavy atom. The lowest BCUT2D eigenvalue weighted by atomic mass is 10.1. The third-order valence-electron chi connectivity index (χ3n) is 3.77. The minimum Gasteiger partial charge on any atom is -0.338 e. The highest BCUT2D eigenvalue weighted by Crippen LogP contribution is 2.17. The Bertz CT molecular complexity index is 1180. The molecule has 0 saturated heterocycles. The summed E-state index contributed by atoms with van der Waals surface area (Å²) in [6.07, 6.45) is 0. The van der Waals surface area contributed by atoms with Crippen LogP contribution in [0.15, 0.2) is 94.7 Å². The summed E-state index contributed by atoms with van der Waals surface area (Å²) in [6.45, 7) is 0. The summed E-state index contributed by atoms with van der Waals surface area (Å²) in [7, 11) is -8.73. The molecular formula is C20H14O8S2. The first-order valence-electron chi connectivity index (χ1n) is 8.37. The highest BCUT2D eigenvalue weighted by molar-refractivity contribution is 7.87. The van der Waals surface area contributed by atoms with Crippen LogP contribution in [0.2, 0.25) is 0 Å². The van der Waals surface area contributed by atoms with Crippen LogP contribution in [0.3, 0.4) is 0 Å². The fourth-order valence-electron chi connectivity index (χ4n) is 2.34. The third-order valence-corrected chi connectivity index (χ3v) is 6.21. The lowest BCUT2D eigenvalue weighted by Crippen LogP contribution is -2.16. The van der Waals surface area contributed by atoms with Crippen molar-refractivity contribution in [3.8, 4) is 0 Å². The zero-order valence-electron chi connectivity index (χ0n) is 15.2. The van der Waals surface area contributed by atoms with E-state index in [1.807, 2.05) is 0 Å². The molecule has 0 bridgehead atoms. The van der Waals surface area contributed by atoms with Crippen molar-refractivity contribution in [3.63, 3.8) is 0 Å². The van der Waals surface area contributed by atoms with E-state index < -0.39 is 32.2 Å². The van der Waals surface area contributed by atoms with E-state index in [1.54, 1.807) is 12.1 Å². The standard InChI is InChI=1S/C20H14O8S2/c21-19(27-29(23,24)17-10-3-1-4-11-17)15-8-7-9-16(14-15)20(22)28-30(25,26)18-12-5-2-6-13-18/h1-14H. The van der Waals surface area contributed by atoms with Gasteiger partial charge in [0, 0.05) is 0 Å². The second-order valence-corrected chi connectivity index (χ2v) is 8.95. The van der Waals surface area contributed by atoms with Crippen molar-refractivity contribution >= 4 is 32.2 Å². The Morgan fingerprint density at radius 2 is 0.900 bits per heavy atom. The van der Waals surface area contributed by atoms with Crippen molar-refractivity contribution in [2.75, 3.05) is 0 Å². The van der Waals surface area contributed by atoms with Crippen molar-refractivity contribution in [3.05, 3.63) is 96.1 Å². The van der Waals surface area contributed by atoms with E-state index in [0.717, 1.165) is 6.07 Å². The molecule has 10 heteroatoms. The van der Waals surface area contributed by atoms with Gasteiger partial charge in [-0.3, -0.25) is 0 Å². The molecule has 0 radical (unpaired) electrons. The maximum absolute atomic E-state index is 12.2. The number of carbonyl (C=O) groups is 2. The van der Waals surface area contributed by atoms with Gasteiger partial charge in [0.25, 0.3) is 0 Å². The molecule has 0 unspecified atom stereocenters. The van der Waals surface area contributed by atoms with Crippen molar-refractivity contribution in [2.24, 2.45) is 0 Å². The number of carbonyl (C=O) groups excluding carboxylic acids is 2. The maximum Gasteiger partial charge on any atom is 0.354 e. The van der Waals surface area contributed by atoms with Gasteiger partial charge in [-0.15, -0.1) is 0 Å². The molecule has 154 valence electrons. The van der Waals surface area contributed by atoms with Gasteiger partial charge in [-0.1, -0.05) is 42.5 Å². The highest BCUT2D eigenvalue weighted by Gasteiger charge is 2.24. The van der Waals surface area contributed by atoms with Crippen molar-refractivity contribution in [2.45, 2.75) is 9.79 Å². The van der Waals surface area contributed by atoms with Crippen molar-refractivity contribution in [1.82, 2.24) is 0 Å². The summed E-state index contributed by atoms with van der Waals surface area (Å²) in [5, 5.41) is 0. The van der Waals surface area contributed by atoms with Gasteiger partial charge >= 0.3 is 32.2 Å². The number of benzene rings is 3. The number of rotatable bonds is 6. The molecular weight excluding hydrogens is 432 g/mol. The molecule has 0 amide bonds. The lowest BCUT2D eigenvalue weighted by molar-refractivity contribution is 0.0744. The van der Waals surface area contributed by atoms with E-state index >= 15 is 0 Å². The molecule has 0 aliphatic carbocycles.